The summed E-state index contributed by atoms with van der Waals surface area (Å²) in [7, 11) is 0. The van der Waals surface area contributed by atoms with Gasteiger partial charge in [0.2, 0.25) is 5.91 Å². The summed E-state index contributed by atoms with van der Waals surface area (Å²) in [6, 6.07) is 11.8. The molecule has 5 nitrogen and oxygen atoms in total. The Labute approximate surface area is 169 Å². The van der Waals surface area contributed by atoms with Gasteiger partial charge in [0.25, 0.3) is 5.91 Å². The SMILES string of the molecule is O=C(NCCC(=O)N1CCCN(Cc2ccc(F)cc2)CC1)c1ccc(F)cc1. The number of carbonyl (C=O) groups is 2. The topological polar surface area (TPSA) is 52.7 Å². The lowest BCUT2D eigenvalue weighted by Crippen LogP contribution is -2.37. The standard InChI is InChI=1S/C22H25F2N3O2/c23-19-6-2-17(3-7-19)16-26-12-1-13-27(15-14-26)21(28)10-11-25-22(29)18-4-8-20(24)9-5-18/h2-9H,1,10-16H2,(H,25,29). The van der Waals surface area contributed by atoms with Gasteiger partial charge in [0.15, 0.2) is 0 Å². The van der Waals surface area contributed by atoms with Crippen LogP contribution in [-0.4, -0.2) is 54.3 Å². The van der Waals surface area contributed by atoms with E-state index < -0.39 is 5.82 Å². The molecule has 1 N–H and O–H groups in total. The molecule has 1 aliphatic heterocycles. The molecular formula is C22H25F2N3O2. The molecule has 0 radical (unpaired) electrons. The fraction of sp³-hybridized carbons (Fsp3) is 0.364. The molecule has 0 bridgehead atoms. The smallest absolute Gasteiger partial charge is 0.251 e. The lowest BCUT2D eigenvalue weighted by molar-refractivity contribution is -0.130. The summed E-state index contributed by atoms with van der Waals surface area (Å²) in [5, 5.41) is 2.70. The van der Waals surface area contributed by atoms with Crippen molar-refractivity contribution in [1.29, 1.82) is 0 Å². The number of benzene rings is 2. The van der Waals surface area contributed by atoms with Gasteiger partial charge in [0.1, 0.15) is 11.6 Å². The van der Waals surface area contributed by atoms with E-state index in [2.05, 4.69) is 10.2 Å². The van der Waals surface area contributed by atoms with Crippen molar-refractivity contribution >= 4 is 11.8 Å². The number of halogens is 2. The minimum Gasteiger partial charge on any atom is -0.352 e. The third-order valence-electron chi connectivity index (χ3n) is 4.99. The van der Waals surface area contributed by atoms with E-state index in [4.69, 9.17) is 0 Å². The van der Waals surface area contributed by atoms with E-state index in [-0.39, 0.29) is 30.6 Å². The molecule has 3 rings (SSSR count). The molecule has 0 spiro atoms. The van der Waals surface area contributed by atoms with Crippen LogP contribution >= 0.6 is 0 Å². The molecule has 0 aromatic heterocycles. The quantitative estimate of drug-likeness (QED) is 0.810. The molecule has 0 aliphatic carbocycles. The molecular weight excluding hydrogens is 376 g/mol. The van der Waals surface area contributed by atoms with Crippen molar-refractivity contribution in [3.63, 3.8) is 0 Å². The highest BCUT2D eigenvalue weighted by Crippen LogP contribution is 2.11. The zero-order valence-corrected chi connectivity index (χ0v) is 16.2. The maximum absolute atomic E-state index is 13.0. The molecule has 2 aromatic carbocycles. The van der Waals surface area contributed by atoms with Crippen LogP contribution in [0, 0.1) is 11.6 Å². The summed E-state index contributed by atoms with van der Waals surface area (Å²) in [5.41, 5.74) is 1.42. The first kappa shape index (κ1) is 20.9. The van der Waals surface area contributed by atoms with Gasteiger partial charge in [0.05, 0.1) is 0 Å². The van der Waals surface area contributed by atoms with Crippen LogP contribution in [0.3, 0.4) is 0 Å². The van der Waals surface area contributed by atoms with E-state index in [1.165, 1.54) is 36.4 Å². The summed E-state index contributed by atoms with van der Waals surface area (Å²) in [6.45, 7) is 3.92. The number of nitrogens with one attached hydrogen (secondary N) is 1. The molecule has 1 fully saturated rings. The normalized spacial score (nSPS) is 15.0. The van der Waals surface area contributed by atoms with Gasteiger partial charge in [-0.25, -0.2) is 8.78 Å². The maximum atomic E-state index is 13.0. The van der Waals surface area contributed by atoms with Gasteiger partial charge in [-0.3, -0.25) is 14.5 Å². The Bertz CT molecular complexity index is 825. The first-order chi connectivity index (χ1) is 14.0. The largest absolute Gasteiger partial charge is 0.352 e. The van der Waals surface area contributed by atoms with Gasteiger partial charge < -0.3 is 10.2 Å². The number of hydrogen-bond donors (Lipinski definition) is 1. The van der Waals surface area contributed by atoms with Crippen LogP contribution in [0.15, 0.2) is 48.5 Å². The van der Waals surface area contributed by atoms with E-state index in [1.54, 1.807) is 12.1 Å². The predicted octanol–water partition coefficient (Wildman–Crippen LogP) is 2.82. The van der Waals surface area contributed by atoms with E-state index in [0.29, 0.717) is 18.7 Å². The van der Waals surface area contributed by atoms with Crippen LogP contribution in [0.25, 0.3) is 0 Å². The highest BCUT2D eigenvalue weighted by atomic mass is 19.1. The first-order valence-electron chi connectivity index (χ1n) is 9.79. The van der Waals surface area contributed by atoms with E-state index in [0.717, 1.165) is 31.6 Å². The van der Waals surface area contributed by atoms with Crippen molar-refractivity contribution in [3.05, 3.63) is 71.3 Å². The van der Waals surface area contributed by atoms with Crippen LogP contribution in [0.5, 0.6) is 0 Å². The molecule has 1 saturated heterocycles. The first-order valence-corrected chi connectivity index (χ1v) is 9.79. The molecule has 154 valence electrons. The zero-order valence-electron chi connectivity index (χ0n) is 16.2. The van der Waals surface area contributed by atoms with Crippen molar-refractivity contribution in [1.82, 2.24) is 15.1 Å². The Hall–Kier alpha value is -2.80. The van der Waals surface area contributed by atoms with Crippen LogP contribution in [0.2, 0.25) is 0 Å². The lowest BCUT2D eigenvalue weighted by Gasteiger charge is -2.22. The second-order valence-electron chi connectivity index (χ2n) is 7.15. The predicted molar refractivity (Wildman–Crippen MR) is 106 cm³/mol. The Morgan fingerprint density at radius 3 is 2.21 bits per heavy atom. The Balaban J connectivity index is 1.41. The summed E-state index contributed by atoms with van der Waals surface area (Å²) in [6.07, 6.45) is 1.10. The third-order valence-corrected chi connectivity index (χ3v) is 4.99. The Morgan fingerprint density at radius 2 is 1.52 bits per heavy atom. The van der Waals surface area contributed by atoms with Gasteiger partial charge in [-0.05, 0) is 48.4 Å². The Morgan fingerprint density at radius 1 is 0.862 bits per heavy atom. The van der Waals surface area contributed by atoms with Crippen molar-refractivity contribution in [2.24, 2.45) is 0 Å². The lowest BCUT2D eigenvalue weighted by atomic mass is 10.2. The van der Waals surface area contributed by atoms with Crippen LogP contribution < -0.4 is 5.32 Å². The van der Waals surface area contributed by atoms with Gasteiger partial charge in [-0.2, -0.15) is 0 Å². The van der Waals surface area contributed by atoms with Gasteiger partial charge in [0, 0.05) is 51.3 Å². The van der Waals surface area contributed by atoms with Gasteiger partial charge in [-0.1, -0.05) is 12.1 Å². The molecule has 29 heavy (non-hydrogen) atoms. The zero-order chi connectivity index (χ0) is 20.6. The van der Waals surface area contributed by atoms with Crippen LogP contribution in [-0.2, 0) is 11.3 Å². The van der Waals surface area contributed by atoms with Crippen LogP contribution in [0.4, 0.5) is 8.78 Å². The number of amides is 2. The third kappa shape index (κ3) is 6.35. The number of hydrogen-bond acceptors (Lipinski definition) is 3. The second-order valence-corrected chi connectivity index (χ2v) is 7.15. The van der Waals surface area contributed by atoms with E-state index >= 15 is 0 Å². The molecule has 0 unspecified atom stereocenters. The molecule has 2 aromatic rings. The van der Waals surface area contributed by atoms with Crippen molar-refractivity contribution in [2.45, 2.75) is 19.4 Å². The average Bonchev–Trinajstić information content (AvgIpc) is 2.96. The minimum atomic E-state index is -0.397. The molecule has 0 saturated carbocycles. The van der Waals surface area contributed by atoms with Crippen molar-refractivity contribution in [2.75, 3.05) is 32.7 Å². The number of carbonyl (C=O) groups excluding carboxylic acids is 2. The monoisotopic (exact) mass is 401 g/mol. The fourth-order valence-corrected chi connectivity index (χ4v) is 3.37. The average molecular weight is 401 g/mol. The fourth-order valence-electron chi connectivity index (χ4n) is 3.37. The summed E-state index contributed by atoms with van der Waals surface area (Å²) < 4.78 is 25.9. The molecule has 1 aliphatic rings. The van der Waals surface area contributed by atoms with Gasteiger partial charge >= 0.3 is 0 Å². The molecule has 1 heterocycles. The maximum Gasteiger partial charge on any atom is 0.251 e. The second kappa shape index (κ2) is 10.1. The summed E-state index contributed by atoms with van der Waals surface area (Å²) in [4.78, 5) is 28.6. The van der Waals surface area contributed by atoms with E-state index in [1.807, 2.05) is 4.90 Å². The number of rotatable bonds is 6. The Kier molecular flexibility index (Phi) is 7.30. The molecule has 7 heteroatoms. The van der Waals surface area contributed by atoms with Gasteiger partial charge in [-0.15, -0.1) is 0 Å². The highest BCUT2D eigenvalue weighted by Gasteiger charge is 2.19. The molecule has 0 atom stereocenters. The van der Waals surface area contributed by atoms with Crippen LogP contribution in [0.1, 0.15) is 28.8 Å². The summed E-state index contributed by atoms with van der Waals surface area (Å²) >= 11 is 0. The minimum absolute atomic E-state index is 0.00744. The highest BCUT2D eigenvalue weighted by molar-refractivity contribution is 5.94. The summed E-state index contributed by atoms with van der Waals surface area (Å²) in [5.74, 6) is -0.952. The van der Waals surface area contributed by atoms with Crippen molar-refractivity contribution < 1.29 is 18.4 Å². The van der Waals surface area contributed by atoms with Crippen molar-refractivity contribution in [3.8, 4) is 0 Å². The molecule has 2 amide bonds. The van der Waals surface area contributed by atoms with E-state index in [9.17, 15) is 18.4 Å². The number of nitrogens with zero attached hydrogens (tertiary/aromatic N) is 2.